The van der Waals surface area contributed by atoms with Gasteiger partial charge in [0.05, 0.1) is 0 Å². The van der Waals surface area contributed by atoms with Gasteiger partial charge in [-0.25, -0.2) is 6.07 Å². The van der Waals surface area contributed by atoms with Gasteiger partial charge in [0.1, 0.15) is 20.4 Å². The first kappa shape index (κ1) is 20.3. The molecular formula is C12H17FeO3-. The largest absolute Gasteiger partial charge is 0.307 e. The minimum Gasteiger partial charge on any atom is -0.307 e. The standard InChI is InChI=1S/C9H11.3CH2O.Fe/c1-2-5-9-7-3-6-8(9)4-1;3*1-2;/h3,6-7H,1-2,4-5H2;3*1H2;/q-1;;;;. The van der Waals surface area contributed by atoms with Crippen LogP contribution in [0.15, 0.2) is 18.2 Å². The maximum Gasteiger partial charge on any atom is 0.106 e. The van der Waals surface area contributed by atoms with Crippen LogP contribution in [0.4, 0.5) is 0 Å². The Morgan fingerprint density at radius 3 is 1.94 bits per heavy atom. The van der Waals surface area contributed by atoms with E-state index in [0.717, 1.165) is 0 Å². The summed E-state index contributed by atoms with van der Waals surface area (Å²) in [7, 11) is 0. The summed E-state index contributed by atoms with van der Waals surface area (Å²) >= 11 is 0. The van der Waals surface area contributed by atoms with Crippen LogP contribution in [0.25, 0.3) is 0 Å². The number of carbonyl (C=O) groups excluding carboxylic acids is 3. The van der Waals surface area contributed by atoms with Crippen molar-refractivity contribution in [3.63, 3.8) is 0 Å². The number of aryl methyl sites for hydroxylation is 2. The zero-order chi connectivity index (χ0) is 12.1. The van der Waals surface area contributed by atoms with Gasteiger partial charge in [0.15, 0.2) is 0 Å². The van der Waals surface area contributed by atoms with Gasteiger partial charge < -0.3 is 14.4 Å². The third kappa shape index (κ3) is 7.21. The van der Waals surface area contributed by atoms with E-state index in [0.29, 0.717) is 0 Å². The molecule has 0 saturated carbocycles. The van der Waals surface area contributed by atoms with Crippen molar-refractivity contribution in [2.45, 2.75) is 25.7 Å². The van der Waals surface area contributed by atoms with E-state index in [2.05, 4.69) is 18.2 Å². The molecule has 0 radical (unpaired) electrons. The molecule has 0 saturated heterocycles. The molecule has 0 atom stereocenters. The van der Waals surface area contributed by atoms with Gasteiger partial charge in [-0.15, -0.1) is 0 Å². The van der Waals surface area contributed by atoms with Gasteiger partial charge in [-0.2, -0.15) is 23.3 Å². The molecule has 0 N–H and O–H groups in total. The molecule has 4 heteroatoms. The van der Waals surface area contributed by atoms with Gasteiger partial charge >= 0.3 is 0 Å². The molecule has 92 valence electrons. The zero-order valence-electron chi connectivity index (χ0n) is 9.26. The molecule has 1 aromatic carbocycles. The van der Waals surface area contributed by atoms with Crippen LogP contribution in [0, 0.1) is 0 Å². The Hall–Kier alpha value is -1.12. The SMILES string of the molecule is C=O.C=O.C=O.[Fe].c1cc2c([cH-]1)CCCC2. The molecule has 1 aliphatic carbocycles. The number of hydrogen-bond donors (Lipinski definition) is 0. The van der Waals surface area contributed by atoms with Crippen LogP contribution in [-0.2, 0) is 44.3 Å². The molecule has 0 fully saturated rings. The number of carbonyl (C=O) groups is 3. The molecule has 0 aromatic heterocycles. The van der Waals surface area contributed by atoms with Crippen molar-refractivity contribution in [2.24, 2.45) is 0 Å². The van der Waals surface area contributed by atoms with E-state index in [4.69, 9.17) is 14.4 Å². The molecule has 0 heterocycles. The predicted molar refractivity (Wildman–Crippen MR) is 60.0 cm³/mol. The Labute approximate surface area is 107 Å². The van der Waals surface area contributed by atoms with Crippen LogP contribution in [0.5, 0.6) is 0 Å². The first-order valence-electron chi connectivity index (χ1n) is 4.57. The summed E-state index contributed by atoms with van der Waals surface area (Å²) in [6.45, 7) is 6.00. The van der Waals surface area contributed by atoms with Crippen molar-refractivity contribution < 1.29 is 31.5 Å². The van der Waals surface area contributed by atoms with E-state index in [1.54, 1.807) is 11.1 Å². The van der Waals surface area contributed by atoms with Crippen molar-refractivity contribution in [1.82, 2.24) is 0 Å². The van der Waals surface area contributed by atoms with E-state index >= 15 is 0 Å². The van der Waals surface area contributed by atoms with E-state index in [1.165, 1.54) is 25.7 Å². The Kier molecular flexibility index (Phi) is 20.7. The van der Waals surface area contributed by atoms with E-state index < -0.39 is 0 Å². The Balaban J connectivity index is -0.000000214. The fraction of sp³-hybridized carbons (Fsp3) is 0.333. The molecular weight excluding hydrogens is 248 g/mol. The normalized spacial score (nSPS) is 10.5. The summed E-state index contributed by atoms with van der Waals surface area (Å²) in [4.78, 5) is 24.0. The van der Waals surface area contributed by atoms with Gasteiger partial charge in [-0.3, -0.25) is 0 Å². The summed E-state index contributed by atoms with van der Waals surface area (Å²) in [5.41, 5.74) is 3.20. The van der Waals surface area contributed by atoms with Crippen LogP contribution >= 0.6 is 0 Å². The minimum absolute atomic E-state index is 0. The average molecular weight is 265 g/mol. The molecule has 0 amide bonds. The summed E-state index contributed by atoms with van der Waals surface area (Å²) in [6, 6.07) is 6.69. The summed E-state index contributed by atoms with van der Waals surface area (Å²) < 4.78 is 0. The molecule has 0 spiro atoms. The second kappa shape index (κ2) is 16.3. The van der Waals surface area contributed by atoms with Crippen molar-refractivity contribution >= 4 is 20.4 Å². The third-order valence-corrected chi connectivity index (χ3v) is 2.15. The number of fused-ring (bicyclic) bond motifs is 1. The van der Waals surface area contributed by atoms with Crippen LogP contribution in [-0.4, -0.2) is 20.4 Å². The molecule has 0 aliphatic heterocycles. The van der Waals surface area contributed by atoms with Crippen LogP contribution in [0.1, 0.15) is 24.0 Å². The van der Waals surface area contributed by atoms with Crippen LogP contribution in [0.3, 0.4) is 0 Å². The Morgan fingerprint density at radius 1 is 0.938 bits per heavy atom. The summed E-state index contributed by atoms with van der Waals surface area (Å²) in [6.07, 6.45) is 5.44. The topological polar surface area (TPSA) is 51.2 Å². The summed E-state index contributed by atoms with van der Waals surface area (Å²) in [5, 5.41) is 0. The van der Waals surface area contributed by atoms with Crippen molar-refractivity contribution in [3.8, 4) is 0 Å². The second-order valence-corrected chi connectivity index (χ2v) is 2.78. The molecule has 2 rings (SSSR count). The van der Waals surface area contributed by atoms with Gasteiger partial charge in [0, 0.05) is 17.1 Å². The Bertz CT molecular complexity index is 223. The quantitative estimate of drug-likeness (QED) is 0.530. The molecule has 1 aliphatic rings. The first-order valence-corrected chi connectivity index (χ1v) is 4.57. The summed E-state index contributed by atoms with van der Waals surface area (Å²) in [5.74, 6) is 0. The minimum atomic E-state index is 0. The van der Waals surface area contributed by atoms with Crippen molar-refractivity contribution in [3.05, 3.63) is 29.3 Å². The molecule has 0 unspecified atom stereocenters. The van der Waals surface area contributed by atoms with Gasteiger partial charge in [0.25, 0.3) is 0 Å². The van der Waals surface area contributed by atoms with E-state index in [-0.39, 0.29) is 17.1 Å². The molecule has 1 aromatic rings. The fourth-order valence-corrected chi connectivity index (χ4v) is 1.61. The van der Waals surface area contributed by atoms with Gasteiger partial charge in [-0.05, 0) is 0 Å². The third-order valence-electron chi connectivity index (χ3n) is 2.15. The van der Waals surface area contributed by atoms with Crippen LogP contribution in [0.2, 0.25) is 0 Å². The van der Waals surface area contributed by atoms with Crippen molar-refractivity contribution in [2.75, 3.05) is 0 Å². The second-order valence-electron chi connectivity index (χ2n) is 2.78. The maximum absolute atomic E-state index is 8.00. The van der Waals surface area contributed by atoms with Gasteiger partial charge in [0.2, 0.25) is 0 Å². The average Bonchev–Trinajstić information content (AvgIpc) is 2.85. The predicted octanol–water partition coefficient (Wildman–Crippen LogP) is 1.73. The maximum atomic E-state index is 8.00. The van der Waals surface area contributed by atoms with E-state index in [9.17, 15) is 0 Å². The van der Waals surface area contributed by atoms with E-state index in [1.807, 2.05) is 20.4 Å². The number of hydrogen-bond acceptors (Lipinski definition) is 3. The van der Waals surface area contributed by atoms with Gasteiger partial charge in [-0.1, -0.05) is 25.7 Å². The Morgan fingerprint density at radius 2 is 1.44 bits per heavy atom. The van der Waals surface area contributed by atoms with Crippen LogP contribution < -0.4 is 0 Å². The zero-order valence-corrected chi connectivity index (χ0v) is 10.4. The van der Waals surface area contributed by atoms with Crippen molar-refractivity contribution in [1.29, 1.82) is 0 Å². The molecule has 0 bridgehead atoms. The number of rotatable bonds is 0. The first-order chi connectivity index (χ1) is 7.47. The smallest absolute Gasteiger partial charge is 0.106 e. The monoisotopic (exact) mass is 265 g/mol. The molecule has 3 nitrogen and oxygen atoms in total. The molecule has 16 heavy (non-hydrogen) atoms. The fourth-order valence-electron chi connectivity index (χ4n) is 1.61.